The van der Waals surface area contributed by atoms with Crippen molar-refractivity contribution < 1.29 is 23.1 Å². The van der Waals surface area contributed by atoms with Crippen LogP contribution in [0.4, 0.5) is 0 Å². The minimum Gasteiger partial charge on any atom is -0.480 e. The third-order valence-electron chi connectivity index (χ3n) is 3.14. The summed E-state index contributed by atoms with van der Waals surface area (Å²) < 4.78 is 26.1. The topological polar surface area (TPSA) is 95.0 Å². The highest BCUT2D eigenvalue weighted by Gasteiger charge is 2.23. The van der Waals surface area contributed by atoms with Crippen molar-refractivity contribution in [2.75, 3.05) is 26.7 Å². The van der Waals surface area contributed by atoms with Gasteiger partial charge in [0.15, 0.2) is 0 Å². The fourth-order valence-corrected chi connectivity index (χ4v) is 3.50. The van der Waals surface area contributed by atoms with E-state index in [0.29, 0.717) is 13.1 Å². The number of benzene rings is 1. The van der Waals surface area contributed by atoms with Crippen LogP contribution in [0.1, 0.15) is 24.2 Å². The molecule has 0 aliphatic rings. The summed E-state index contributed by atoms with van der Waals surface area (Å²) in [4.78, 5) is 23.8. The molecule has 0 aliphatic heterocycles. The van der Waals surface area contributed by atoms with E-state index in [-0.39, 0.29) is 10.5 Å². The van der Waals surface area contributed by atoms with E-state index in [4.69, 9.17) is 5.11 Å². The number of sulfonamides is 1. The van der Waals surface area contributed by atoms with E-state index in [2.05, 4.69) is 0 Å². The second-order valence-corrected chi connectivity index (χ2v) is 6.61. The molecule has 22 heavy (non-hydrogen) atoms. The zero-order valence-electron chi connectivity index (χ0n) is 12.8. The fourth-order valence-electron chi connectivity index (χ4n) is 2.00. The summed E-state index contributed by atoms with van der Waals surface area (Å²) in [5.41, 5.74) is 0.136. The van der Waals surface area contributed by atoms with Crippen LogP contribution >= 0.6 is 0 Å². The number of hydrogen-bond donors (Lipinski definition) is 1. The van der Waals surface area contributed by atoms with Crippen molar-refractivity contribution in [2.45, 2.75) is 18.7 Å². The number of carboxylic acid groups (broad SMARTS) is 1. The highest BCUT2D eigenvalue weighted by atomic mass is 32.2. The molecule has 0 spiro atoms. The van der Waals surface area contributed by atoms with Gasteiger partial charge in [0, 0.05) is 25.7 Å². The number of carbonyl (C=O) groups is 2. The van der Waals surface area contributed by atoms with Crippen LogP contribution < -0.4 is 0 Å². The maximum absolute atomic E-state index is 12.4. The van der Waals surface area contributed by atoms with Gasteiger partial charge in [0.25, 0.3) is 5.91 Å². The maximum Gasteiger partial charge on any atom is 0.323 e. The Balaban J connectivity index is 3.14. The molecule has 7 nitrogen and oxygen atoms in total. The van der Waals surface area contributed by atoms with Gasteiger partial charge in [-0.05, 0) is 18.2 Å². The summed E-state index contributed by atoms with van der Waals surface area (Å²) in [6.45, 7) is 3.67. The molecule has 0 radical (unpaired) electrons. The normalized spacial score (nSPS) is 11.5. The van der Waals surface area contributed by atoms with Crippen LogP contribution in [0, 0.1) is 0 Å². The SMILES string of the molecule is CCN(CC)S(=O)(=O)c1cccc(C(=O)N(C)CC(=O)O)c1. The highest BCUT2D eigenvalue weighted by Crippen LogP contribution is 2.17. The zero-order chi connectivity index (χ0) is 16.9. The summed E-state index contributed by atoms with van der Waals surface area (Å²) in [7, 11) is -2.31. The first-order chi connectivity index (χ1) is 10.2. The van der Waals surface area contributed by atoms with E-state index in [0.717, 1.165) is 4.90 Å². The lowest BCUT2D eigenvalue weighted by Gasteiger charge is -2.19. The van der Waals surface area contributed by atoms with Crippen LogP contribution in [0.25, 0.3) is 0 Å². The Morgan fingerprint density at radius 3 is 2.27 bits per heavy atom. The van der Waals surface area contributed by atoms with Crippen LogP contribution in [0.3, 0.4) is 0 Å². The molecule has 1 amide bonds. The van der Waals surface area contributed by atoms with Crippen molar-refractivity contribution in [1.82, 2.24) is 9.21 Å². The van der Waals surface area contributed by atoms with E-state index >= 15 is 0 Å². The summed E-state index contributed by atoms with van der Waals surface area (Å²) in [6.07, 6.45) is 0. The Kier molecular flexibility index (Phi) is 6.07. The highest BCUT2D eigenvalue weighted by molar-refractivity contribution is 7.89. The molecule has 0 heterocycles. The molecule has 8 heteroatoms. The summed E-state index contributed by atoms with van der Waals surface area (Å²) in [6, 6.07) is 5.62. The predicted molar refractivity (Wildman–Crippen MR) is 81.1 cm³/mol. The third kappa shape index (κ3) is 4.05. The molecule has 0 aromatic heterocycles. The molecule has 1 aromatic carbocycles. The second-order valence-electron chi connectivity index (χ2n) is 4.67. The van der Waals surface area contributed by atoms with Crippen molar-refractivity contribution in [2.24, 2.45) is 0 Å². The number of aliphatic carboxylic acids is 1. The van der Waals surface area contributed by atoms with Crippen LogP contribution in [0.2, 0.25) is 0 Å². The van der Waals surface area contributed by atoms with Gasteiger partial charge in [0.1, 0.15) is 6.54 Å². The third-order valence-corrected chi connectivity index (χ3v) is 5.19. The second kappa shape index (κ2) is 7.37. The first-order valence-corrected chi connectivity index (χ1v) is 8.25. The lowest BCUT2D eigenvalue weighted by Crippen LogP contribution is -2.33. The molecule has 122 valence electrons. The molecule has 0 atom stereocenters. The Labute approximate surface area is 130 Å². The van der Waals surface area contributed by atoms with Crippen LogP contribution in [0.5, 0.6) is 0 Å². The predicted octanol–water partition coefficient (Wildman–Crippen LogP) is 0.874. The molecule has 1 aromatic rings. The minimum atomic E-state index is -3.66. The van der Waals surface area contributed by atoms with Gasteiger partial charge in [-0.3, -0.25) is 9.59 Å². The monoisotopic (exact) mass is 328 g/mol. The number of hydrogen-bond acceptors (Lipinski definition) is 4. The molecule has 0 saturated carbocycles. The summed E-state index contributed by atoms with van der Waals surface area (Å²) >= 11 is 0. The molecule has 0 aliphatic carbocycles. The fraction of sp³-hybridized carbons (Fsp3) is 0.429. The molecule has 1 rings (SSSR count). The number of nitrogens with zero attached hydrogens (tertiary/aromatic N) is 2. The van der Waals surface area contributed by atoms with Gasteiger partial charge in [0.05, 0.1) is 4.90 Å². The quantitative estimate of drug-likeness (QED) is 0.801. The average Bonchev–Trinajstić information content (AvgIpc) is 2.46. The van der Waals surface area contributed by atoms with Gasteiger partial charge in [-0.1, -0.05) is 19.9 Å². The van der Waals surface area contributed by atoms with Gasteiger partial charge >= 0.3 is 5.97 Å². The lowest BCUT2D eigenvalue weighted by atomic mass is 10.2. The van der Waals surface area contributed by atoms with Gasteiger partial charge < -0.3 is 10.0 Å². The van der Waals surface area contributed by atoms with E-state index < -0.39 is 28.4 Å². The molecular weight excluding hydrogens is 308 g/mol. The van der Waals surface area contributed by atoms with Gasteiger partial charge in [0.2, 0.25) is 10.0 Å². The standard InChI is InChI=1S/C14H20N2O5S/c1-4-16(5-2)22(20,21)12-8-6-7-11(9-12)14(19)15(3)10-13(17)18/h6-9H,4-5,10H2,1-3H3,(H,17,18). The molecule has 1 N–H and O–H groups in total. The number of carboxylic acids is 1. The largest absolute Gasteiger partial charge is 0.480 e. The minimum absolute atomic E-state index is 0.0192. The summed E-state index contributed by atoms with van der Waals surface area (Å²) in [5, 5.41) is 8.70. The van der Waals surface area contributed by atoms with E-state index in [1.807, 2.05) is 0 Å². The first kappa shape index (κ1) is 18.1. The van der Waals surface area contributed by atoms with E-state index in [9.17, 15) is 18.0 Å². The Morgan fingerprint density at radius 1 is 1.18 bits per heavy atom. The average molecular weight is 328 g/mol. The summed E-state index contributed by atoms with van der Waals surface area (Å²) in [5.74, 6) is -1.68. The van der Waals surface area contributed by atoms with Gasteiger partial charge in [-0.2, -0.15) is 4.31 Å². The van der Waals surface area contributed by atoms with Crippen molar-refractivity contribution in [3.8, 4) is 0 Å². The van der Waals surface area contributed by atoms with Crippen molar-refractivity contribution in [1.29, 1.82) is 0 Å². The maximum atomic E-state index is 12.4. The number of likely N-dealkylation sites (N-methyl/N-ethyl adjacent to an activating group) is 1. The van der Waals surface area contributed by atoms with Crippen LogP contribution in [-0.2, 0) is 14.8 Å². The smallest absolute Gasteiger partial charge is 0.323 e. The number of carbonyl (C=O) groups excluding carboxylic acids is 1. The van der Waals surface area contributed by atoms with Crippen LogP contribution in [0.15, 0.2) is 29.2 Å². The molecular formula is C14H20N2O5S. The Hall–Kier alpha value is -1.93. The number of rotatable bonds is 7. The first-order valence-electron chi connectivity index (χ1n) is 6.81. The number of amides is 1. The zero-order valence-corrected chi connectivity index (χ0v) is 13.6. The Morgan fingerprint density at radius 2 is 1.77 bits per heavy atom. The van der Waals surface area contributed by atoms with Crippen molar-refractivity contribution in [3.63, 3.8) is 0 Å². The van der Waals surface area contributed by atoms with E-state index in [1.54, 1.807) is 13.8 Å². The van der Waals surface area contributed by atoms with E-state index in [1.165, 1.54) is 35.6 Å². The Bertz CT molecular complexity index is 653. The van der Waals surface area contributed by atoms with Gasteiger partial charge in [-0.15, -0.1) is 0 Å². The molecule has 0 unspecified atom stereocenters. The van der Waals surface area contributed by atoms with Crippen molar-refractivity contribution >= 4 is 21.9 Å². The van der Waals surface area contributed by atoms with Crippen LogP contribution in [-0.4, -0.2) is 61.3 Å². The molecule has 0 saturated heterocycles. The lowest BCUT2D eigenvalue weighted by molar-refractivity contribution is -0.137. The molecule has 0 bridgehead atoms. The van der Waals surface area contributed by atoms with Crippen molar-refractivity contribution in [3.05, 3.63) is 29.8 Å². The molecule has 0 fully saturated rings. The van der Waals surface area contributed by atoms with Gasteiger partial charge in [-0.25, -0.2) is 8.42 Å².